The molecule has 2 aromatic heterocycles. The van der Waals surface area contributed by atoms with E-state index in [9.17, 15) is 19.8 Å². The van der Waals surface area contributed by atoms with E-state index in [0.29, 0.717) is 35.3 Å². The lowest BCUT2D eigenvalue weighted by atomic mass is 9.87. The first-order chi connectivity index (χ1) is 22.4. The molecule has 0 bridgehead atoms. The molecule has 2 unspecified atom stereocenters. The van der Waals surface area contributed by atoms with Crippen LogP contribution in [0.1, 0.15) is 47.9 Å². The molecule has 4 N–H and O–H groups in total. The number of aromatic amines is 2. The number of benzene rings is 4. The van der Waals surface area contributed by atoms with E-state index in [1.165, 1.54) is 0 Å². The molecule has 0 saturated heterocycles. The van der Waals surface area contributed by atoms with E-state index in [4.69, 9.17) is 0 Å². The number of nitrogens with one attached hydrogen (secondary N) is 2. The average molecular weight is 611 g/mol. The van der Waals surface area contributed by atoms with Crippen LogP contribution in [-0.2, 0) is 20.8 Å². The Hall–Kier alpha value is -5.18. The quantitative estimate of drug-likeness (QED) is 0.149. The molecule has 4 aromatic carbocycles. The van der Waals surface area contributed by atoms with Crippen molar-refractivity contribution in [3.8, 4) is 0 Å². The lowest BCUT2D eigenvalue weighted by Crippen LogP contribution is -2.41. The molecule has 2 aliphatic heterocycles. The Morgan fingerprint density at radius 3 is 1.35 bits per heavy atom. The summed E-state index contributed by atoms with van der Waals surface area (Å²) in [6, 6.07) is 30.3. The number of carbonyl (C=O) groups is 2. The number of H-pyrrole nitrogens is 2. The predicted octanol–water partition coefficient (Wildman–Crippen LogP) is 6.07. The molecule has 8 nitrogen and oxygen atoms in total. The summed E-state index contributed by atoms with van der Waals surface area (Å²) in [6.45, 7) is 0.957. The fourth-order valence-electron chi connectivity index (χ4n) is 7.47. The van der Waals surface area contributed by atoms with Crippen LogP contribution < -0.4 is 9.80 Å². The maximum Gasteiger partial charge on any atom is 0.268 e. The van der Waals surface area contributed by atoms with Crippen molar-refractivity contribution in [3.63, 3.8) is 0 Å². The van der Waals surface area contributed by atoms with Gasteiger partial charge in [0, 0.05) is 69.5 Å². The third-order valence-electron chi connectivity index (χ3n) is 9.75. The number of hydrogen-bond donors (Lipinski definition) is 4. The number of nitrogens with zero attached hydrogens (tertiary/aromatic N) is 2. The van der Waals surface area contributed by atoms with Gasteiger partial charge in [-0.1, -0.05) is 85.6 Å². The van der Waals surface area contributed by atoms with Gasteiger partial charge in [-0.05, 0) is 37.1 Å². The minimum absolute atomic E-state index is 0.339. The molecule has 8 heteroatoms. The third kappa shape index (κ3) is 4.00. The number of para-hydroxylation sites is 4. The van der Waals surface area contributed by atoms with Gasteiger partial charge in [-0.2, -0.15) is 0 Å². The lowest BCUT2D eigenvalue weighted by Gasteiger charge is -2.24. The van der Waals surface area contributed by atoms with Gasteiger partial charge < -0.3 is 30.0 Å². The normalized spacial score (nSPS) is 20.7. The number of amides is 2. The molecule has 2 aliphatic rings. The van der Waals surface area contributed by atoms with Crippen LogP contribution in [0.2, 0.25) is 0 Å². The zero-order valence-electron chi connectivity index (χ0n) is 25.2. The van der Waals surface area contributed by atoms with E-state index >= 15 is 0 Å². The van der Waals surface area contributed by atoms with Crippen LogP contribution in [-0.4, -0.2) is 45.1 Å². The van der Waals surface area contributed by atoms with Crippen molar-refractivity contribution in [1.82, 2.24) is 9.97 Å². The number of carbonyl (C=O) groups excluding carboxylic acids is 2. The standard InChI is InChI=1S/C38H34N4O4/c43-35-37(45,29-23-39-31-17-7-3-13-25(29)31)27-15-5-9-19-33(27)41(35)21-11-1-2-12-22-42-34-20-10-6-16-28(34)38(46,36(42)44)30-24-40-32-18-8-4-14-26(30)32/h3-10,13-20,23-24,39-40,45-46H,1-2,11-12,21-22H2. The van der Waals surface area contributed by atoms with E-state index < -0.39 is 11.2 Å². The van der Waals surface area contributed by atoms with Crippen molar-refractivity contribution in [2.75, 3.05) is 22.9 Å². The van der Waals surface area contributed by atoms with Gasteiger partial charge in [0.25, 0.3) is 11.8 Å². The van der Waals surface area contributed by atoms with Gasteiger partial charge in [0.05, 0.1) is 11.4 Å². The topological polar surface area (TPSA) is 113 Å². The molecule has 4 heterocycles. The van der Waals surface area contributed by atoms with Gasteiger partial charge in [0.1, 0.15) is 0 Å². The van der Waals surface area contributed by atoms with Crippen LogP contribution in [0.3, 0.4) is 0 Å². The number of unbranched alkanes of at least 4 members (excludes halogenated alkanes) is 3. The van der Waals surface area contributed by atoms with Crippen molar-refractivity contribution in [3.05, 3.63) is 132 Å². The number of anilines is 2. The van der Waals surface area contributed by atoms with Crippen molar-refractivity contribution in [1.29, 1.82) is 0 Å². The molecule has 46 heavy (non-hydrogen) atoms. The van der Waals surface area contributed by atoms with Crippen LogP contribution in [0.4, 0.5) is 11.4 Å². The van der Waals surface area contributed by atoms with Crippen molar-refractivity contribution in [2.24, 2.45) is 0 Å². The monoisotopic (exact) mass is 610 g/mol. The van der Waals surface area contributed by atoms with Gasteiger partial charge in [0.15, 0.2) is 11.2 Å². The molecule has 2 atom stereocenters. The third-order valence-corrected chi connectivity index (χ3v) is 9.75. The van der Waals surface area contributed by atoms with Gasteiger partial charge in [0.2, 0.25) is 0 Å². The Morgan fingerprint density at radius 2 is 0.891 bits per heavy atom. The van der Waals surface area contributed by atoms with E-state index in [1.807, 2.05) is 97.1 Å². The minimum atomic E-state index is -1.76. The first-order valence-electron chi connectivity index (χ1n) is 15.8. The Bertz CT molecular complexity index is 1980. The Balaban J connectivity index is 0.944. The number of fused-ring (bicyclic) bond motifs is 4. The van der Waals surface area contributed by atoms with Crippen LogP contribution in [0.25, 0.3) is 21.8 Å². The molecular formula is C38H34N4O4. The molecule has 2 amide bonds. The molecule has 0 radical (unpaired) electrons. The summed E-state index contributed by atoms with van der Waals surface area (Å²) < 4.78 is 0. The Kier molecular flexibility index (Phi) is 6.60. The second-order valence-corrected chi connectivity index (χ2v) is 12.3. The summed E-state index contributed by atoms with van der Waals surface area (Å²) >= 11 is 0. The minimum Gasteiger partial charge on any atom is -0.372 e. The summed E-state index contributed by atoms with van der Waals surface area (Å²) in [7, 11) is 0. The van der Waals surface area contributed by atoms with Crippen molar-refractivity contribution < 1.29 is 19.8 Å². The zero-order chi connectivity index (χ0) is 31.5. The van der Waals surface area contributed by atoms with Gasteiger partial charge in [-0.3, -0.25) is 9.59 Å². The zero-order valence-corrected chi connectivity index (χ0v) is 25.2. The highest BCUT2D eigenvalue weighted by molar-refractivity contribution is 6.12. The fourth-order valence-corrected chi connectivity index (χ4v) is 7.47. The Labute approximate surface area is 265 Å². The number of aromatic nitrogens is 2. The maximum atomic E-state index is 13.9. The lowest BCUT2D eigenvalue weighted by molar-refractivity contribution is -0.132. The van der Waals surface area contributed by atoms with Crippen LogP contribution in [0.15, 0.2) is 109 Å². The molecule has 0 spiro atoms. The second-order valence-electron chi connectivity index (χ2n) is 12.3. The van der Waals surface area contributed by atoms with Crippen LogP contribution >= 0.6 is 0 Å². The molecule has 0 saturated carbocycles. The highest BCUT2D eigenvalue weighted by Gasteiger charge is 2.53. The summed E-state index contributed by atoms with van der Waals surface area (Å²) in [5, 5.41) is 25.7. The first-order valence-corrected chi connectivity index (χ1v) is 15.8. The van der Waals surface area contributed by atoms with Crippen LogP contribution in [0.5, 0.6) is 0 Å². The number of hydrogen-bond acceptors (Lipinski definition) is 4. The van der Waals surface area contributed by atoms with Gasteiger partial charge >= 0.3 is 0 Å². The maximum absolute atomic E-state index is 13.9. The first kappa shape index (κ1) is 28.3. The second kappa shape index (κ2) is 10.7. The average Bonchev–Trinajstić information content (AvgIpc) is 3.82. The largest absolute Gasteiger partial charge is 0.372 e. The van der Waals surface area contributed by atoms with E-state index in [1.54, 1.807) is 22.2 Å². The summed E-state index contributed by atoms with van der Waals surface area (Å²) in [4.78, 5) is 37.6. The highest BCUT2D eigenvalue weighted by atomic mass is 16.3. The molecule has 230 valence electrons. The van der Waals surface area contributed by atoms with E-state index in [2.05, 4.69) is 9.97 Å². The van der Waals surface area contributed by atoms with Gasteiger partial charge in [-0.25, -0.2) is 0 Å². The molecule has 8 rings (SSSR count). The summed E-state index contributed by atoms with van der Waals surface area (Å²) in [6.07, 6.45) is 6.64. The highest BCUT2D eigenvalue weighted by Crippen LogP contribution is 2.48. The molecule has 6 aromatic rings. The van der Waals surface area contributed by atoms with Gasteiger partial charge in [-0.15, -0.1) is 0 Å². The SMILES string of the molecule is O=C1N(CCCCCCN2C(=O)C(O)(c3c[nH]c4ccccc34)c3ccccc32)c2ccccc2C1(O)c1c[nH]c2ccccc12. The van der Waals surface area contributed by atoms with Crippen molar-refractivity contribution in [2.45, 2.75) is 36.9 Å². The number of aliphatic hydroxyl groups is 2. The smallest absolute Gasteiger partial charge is 0.268 e. The van der Waals surface area contributed by atoms with E-state index in [-0.39, 0.29) is 11.8 Å². The van der Waals surface area contributed by atoms with Crippen molar-refractivity contribution >= 4 is 45.0 Å². The molecular weight excluding hydrogens is 576 g/mol. The Morgan fingerprint density at radius 1 is 0.500 bits per heavy atom. The summed E-state index contributed by atoms with van der Waals surface area (Å²) in [5.41, 5.74) is 1.99. The molecule has 0 fully saturated rings. The number of rotatable bonds is 9. The molecule has 0 aliphatic carbocycles. The predicted molar refractivity (Wildman–Crippen MR) is 179 cm³/mol. The summed E-state index contributed by atoms with van der Waals surface area (Å²) in [5.74, 6) is -0.677. The fraction of sp³-hybridized carbons (Fsp3) is 0.211. The van der Waals surface area contributed by atoms with Crippen LogP contribution in [0, 0.1) is 0 Å². The van der Waals surface area contributed by atoms with E-state index in [0.717, 1.165) is 58.9 Å².